The Hall–Kier alpha value is -0.0800. The van der Waals surface area contributed by atoms with Crippen LogP contribution in [0.4, 0.5) is 0 Å². The van der Waals surface area contributed by atoms with Gasteiger partial charge in [-0.15, -0.1) is 0 Å². The van der Waals surface area contributed by atoms with Crippen molar-refractivity contribution in [1.29, 1.82) is 0 Å². The molecule has 2 aliphatic rings. The van der Waals surface area contributed by atoms with E-state index < -0.39 is 0 Å². The topological polar surface area (TPSA) is 6.48 Å². The molecule has 0 aromatic heterocycles. The maximum absolute atomic E-state index is 2.51. The Bertz CT molecular complexity index is 120. The molecule has 14 heavy (non-hydrogen) atoms. The lowest BCUT2D eigenvalue weighted by atomic mass is 10.1. The zero-order chi connectivity index (χ0) is 11.1. The van der Waals surface area contributed by atoms with E-state index in [-0.39, 0.29) is 0 Å². The first-order chi connectivity index (χ1) is 6.79. The van der Waals surface area contributed by atoms with Crippen LogP contribution in [0.15, 0.2) is 0 Å². The molecule has 0 saturated carbocycles. The van der Waals surface area contributed by atoms with Gasteiger partial charge in [0, 0.05) is 12.1 Å². The van der Waals surface area contributed by atoms with Gasteiger partial charge in [0.25, 0.3) is 0 Å². The molecular weight excluding hydrogens is 172 g/mol. The average Bonchev–Trinajstić information content (AvgIpc) is 2.79. The summed E-state index contributed by atoms with van der Waals surface area (Å²) in [6, 6.07) is 1.76. The summed E-state index contributed by atoms with van der Waals surface area (Å²) < 4.78 is 0. The second-order valence-corrected chi connectivity index (χ2v) is 3.67. The Morgan fingerprint density at radius 2 is 1.00 bits per heavy atom. The Morgan fingerprint density at radius 1 is 0.714 bits per heavy atom. The fraction of sp³-hybridized carbons (Fsp3) is 1.00. The van der Waals surface area contributed by atoms with Crippen molar-refractivity contribution < 1.29 is 0 Å². The van der Waals surface area contributed by atoms with E-state index in [1.165, 1.54) is 25.9 Å². The van der Waals surface area contributed by atoms with Crippen LogP contribution >= 0.6 is 0 Å². The minimum Gasteiger partial charge on any atom is -0.302 e. The average molecular weight is 200 g/mol. The number of fused-ring (bicyclic) bond motifs is 1. The summed E-state index contributed by atoms with van der Waals surface area (Å²) in [5.74, 6) is 0. The molecule has 0 spiro atoms. The zero-order valence-corrected chi connectivity index (χ0v) is 10.9. The molecule has 0 N–H and O–H groups in total. The fourth-order valence-electron chi connectivity index (χ4n) is 2.42. The molecule has 2 heteroatoms. The van der Waals surface area contributed by atoms with Gasteiger partial charge in [0.05, 0.1) is 0 Å². The quantitative estimate of drug-likeness (QED) is 0.592. The molecule has 2 heterocycles. The minimum atomic E-state index is 0.880. The number of hydrogen-bond donors (Lipinski definition) is 0. The summed E-state index contributed by atoms with van der Waals surface area (Å²) >= 11 is 0. The van der Waals surface area contributed by atoms with Crippen molar-refractivity contribution >= 4 is 0 Å². The first-order valence-electron chi connectivity index (χ1n) is 6.19. The predicted molar refractivity (Wildman–Crippen MR) is 64.8 cm³/mol. The van der Waals surface area contributed by atoms with Crippen LogP contribution in [0.5, 0.6) is 0 Å². The molecule has 0 bridgehead atoms. The maximum atomic E-state index is 2.51. The van der Waals surface area contributed by atoms with Gasteiger partial charge in [-0.1, -0.05) is 27.7 Å². The van der Waals surface area contributed by atoms with E-state index in [9.17, 15) is 0 Å². The van der Waals surface area contributed by atoms with Gasteiger partial charge in [-0.2, -0.15) is 0 Å². The van der Waals surface area contributed by atoms with Crippen LogP contribution in [0, 0.1) is 0 Å². The van der Waals surface area contributed by atoms with Gasteiger partial charge < -0.3 is 9.80 Å². The van der Waals surface area contributed by atoms with Crippen LogP contribution in [0.2, 0.25) is 0 Å². The largest absolute Gasteiger partial charge is 0.302 e. The highest BCUT2D eigenvalue weighted by Gasteiger charge is 2.38. The van der Waals surface area contributed by atoms with Crippen molar-refractivity contribution in [3.8, 4) is 0 Å². The summed E-state index contributed by atoms with van der Waals surface area (Å²) in [4.78, 5) is 5.02. The molecular formula is C12H28N2. The van der Waals surface area contributed by atoms with Crippen LogP contribution < -0.4 is 0 Å². The molecule has 2 atom stereocenters. The highest BCUT2D eigenvalue weighted by molar-refractivity contribution is 4.96. The van der Waals surface area contributed by atoms with Crippen molar-refractivity contribution in [1.82, 2.24) is 9.80 Å². The van der Waals surface area contributed by atoms with Crippen LogP contribution in [0.3, 0.4) is 0 Å². The van der Waals surface area contributed by atoms with Crippen LogP contribution in [0.25, 0.3) is 0 Å². The Morgan fingerprint density at radius 3 is 1.29 bits per heavy atom. The summed E-state index contributed by atoms with van der Waals surface area (Å²) in [6.07, 6.45) is 2.77. The van der Waals surface area contributed by atoms with E-state index >= 15 is 0 Å². The summed E-state index contributed by atoms with van der Waals surface area (Å²) in [5.41, 5.74) is 0. The molecule has 0 aliphatic carbocycles. The summed E-state index contributed by atoms with van der Waals surface area (Å²) in [5, 5.41) is 0. The van der Waals surface area contributed by atoms with E-state index in [2.05, 4.69) is 23.9 Å². The lowest BCUT2D eigenvalue weighted by Crippen LogP contribution is -2.32. The lowest BCUT2D eigenvalue weighted by molar-refractivity contribution is 0.276. The van der Waals surface area contributed by atoms with Crippen molar-refractivity contribution in [3.05, 3.63) is 0 Å². The van der Waals surface area contributed by atoms with Gasteiger partial charge in [-0.3, -0.25) is 0 Å². The van der Waals surface area contributed by atoms with Crippen molar-refractivity contribution in [2.75, 3.05) is 27.2 Å². The van der Waals surface area contributed by atoms with E-state index in [4.69, 9.17) is 0 Å². The Kier molecular flexibility index (Phi) is 7.20. The third-order valence-corrected chi connectivity index (χ3v) is 3.13. The lowest BCUT2D eigenvalue weighted by Gasteiger charge is -2.19. The molecule has 0 radical (unpaired) electrons. The second-order valence-electron chi connectivity index (χ2n) is 3.67. The number of rotatable bonds is 0. The molecule has 2 saturated heterocycles. The first kappa shape index (κ1) is 13.9. The van der Waals surface area contributed by atoms with Gasteiger partial charge in [0.2, 0.25) is 0 Å². The van der Waals surface area contributed by atoms with Gasteiger partial charge in [-0.25, -0.2) is 0 Å². The van der Waals surface area contributed by atoms with Gasteiger partial charge >= 0.3 is 0 Å². The molecule has 2 nitrogen and oxygen atoms in total. The predicted octanol–water partition coefficient (Wildman–Crippen LogP) is 2.45. The molecule has 2 fully saturated rings. The van der Waals surface area contributed by atoms with Gasteiger partial charge in [0.1, 0.15) is 0 Å². The first-order valence-corrected chi connectivity index (χ1v) is 6.19. The molecule has 2 rings (SSSR count). The smallest absolute Gasteiger partial charge is 0.0261 e. The van der Waals surface area contributed by atoms with E-state index in [0.29, 0.717) is 0 Å². The van der Waals surface area contributed by atoms with Crippen LogP contribution in [-0.2, 0) is 0 Å². The molecule has 86 valence electrons. The van der Waals surface area contributed by atoms with Crippen molar-refractivity contribution in [3.63, 3.8) is 0 Å². The number of nitrogens with zero attached hydrogens (tertiary/aromatic N) is 2. The Labute approximate surface area is 90.3 Å². The number of likely N-dealkylation sites (N-methyl/N-ethyl adjacent to an activating group) is 2. The minimum absolute atomic E-state index is 0.880. The van der Waals surface area contributed by atoms with Crippen LogP contribution in [-0.4, -0.2) is 49.1 Å². The van der Waals surface area contributed by atoms with Gasteiger partial charge in [0.15, 0.2) is 0 Å². The summed E-state index contributed by atoms with van der Waals surface area (Å²) in [6.45, 7) is 10.6. The van der Waals surface area contributed by atoms with Crippen molar-refractivity contribution in [2.45, 2.75) is 52.6 Å². The maximum Gasteiger partial charge on any atom is 0.0261 e. The molecule has 0 unspecified atom stereocenters. The highest BCUT2D eigenvalue weighted by atomic mass is 15.3. The Balaban J connectivity index is 0.000000379. The number of likely N-dealkylation sites (tertiary alicyclic amines) is 2. The molecule has 0 aromatic carbocycles. The zero-order valence-electron chi connectivity index (χ0n) is 10.9. The third kappa shape index (κ3) is 2.96. The van der Waals surface area contributed by atoms with E-state index in [1.807, 2.05) is 27.7 Å². The monoisotopic (exact) mass is 200 g/mol. The summed E-state index contributed by atoms with van der Waals surface area (Å²) in [7, 11) is 4.51. The molecule has 0 aromatic rings. The second kappa shape index (κ2) is 7.24. The highest BCUT2D eigenvalue weighted by Crippen LogP contribution is 2.28. The third-order valence-electron chi connectivity index (χ3n) is 3.13. The fourth-order valence-corrected chi connectivity index (χ4v) is 2.42. The van der Waals surface area contributed by atoms with Crippen LogP contribution in [0.1, 0.15) is 40.5 Å². The molecule has 0 amide bonds. The number of hydrogen-bond acceptors (Lipinski definition) is 2. The normalized spacial score (nSPS) is 31.3. The van der Waals surface area contributed by atoms with E-state index in [1.54, 1.807) is 0 Å². The van der Waals surface area contributed by atoms with Gasteiger partial charge in [-0.05, 0) is 40.0 Å². The van der Waals surface area contributed by atoms with Crippen molar-refractivity contribution in [2.24, 2.45) is 0 Å². The van der Waals surface area contributed by atoms with E-state index in [0.717, 1.165) is 12.1 Å². The SMILES string of the molecule is CC.CC.CN1CC[C@@H]2[C@H]1CCN2C. The molecule has 2 aliphatic heterocycles. The standard InChI is InChI=1S/C8H16N2.2C2H6/c1-9-5-3-8-7(9)4-6-10(8)2;2*1-2/h7-8H,3-6H2,1-2H3;2*1-2H3/t7-,8-;;/m1../s1.